The highest BCUT2D eigenvalue weighted by Gasteiger charge is 2.33. The maximum atomic E-state index is 13.8. The molecule has 4 rings (SSSR count). The fourth-order valence-corrected chi connectivity index (χ4v) is 5.38. The third kappa shape index (κ3) is 6.67. The van der Waals surface area contributed by atoms with Gasteiger partial charge in [-0.15, -0.1) is 11.3 Å². The Morgan fingerprint density at radius 2 is 1.92 bits per heavy atom. The van der Waals surface area contributed by atoms with Gasteiger partial charge in [-0.25, -0.2) is 4.39 Å². The van der Waals surface area contributed by atoms with Gasteiger partial charge in [0.25, 0.3) is 5.91 Å². The molecule has 1 atom stereocenters. The van der Waals surface area contributed by atoms with Crippen LogP contribution in [0.25, 0.3) is 0 Å². The molecular formula is C28H31FN2O5S. The number of nitrogens with zero attached hydrogens (tertiary/aromatic N) is 2. The van der Waals surface area contributed by atoms with Gasteiger partial charge in [0, 0.05) is 43.3 Å². The van der Waals surface area contributed by atoms with E-state index in [9.17, 15) is 14.0 Å². The van der Waals surface area contributed by atoms with E-state index in [4.69, 9.17) is 14.2 Å². The van der Waals surface area contributed by atoms with Gasteiger partial charge in [0.1, 0.15) is 30.5 Å². The van der Waals surface area contributed by atoms with E-state index in [0.29, 0.717) is 37.6 Å². The zero-order valence-corrected chi connectivity index (χ0v) is 21.8. The first kappa shape index (κ1) is 26.6. The predicted molar refractivity (Wildman–Crippen MR) is 140 cm³/mol. The van der Waals surface area contributed by atoms with E-state index in [0.717, 1.165) is 12.0 Å². The van der Waals surface area contributed by atoms with Crippen molar-refractivity contribution in [1.29, 1.82) is 0 Å². The first-order valence-corrected chi connectivity index (χ1v) is 13.0. The number of carbonyl (C=O) groups is 2. The van der Waals surface area contributed by atoms with Gasteiger partial charge in [0.2, 0.25) is 5.91 Å². The zero-order valence-electron chi connectivity index (χ0n) is 21.0. The fraction of sp³-hybridized carbons (Fsp3) is 0.357. The van der Waals surface area contributed by atoms with Gasteiger partial charge >= 0.3 is 0 Å². The van der Waals surface area contributed by atoms with E-state index in [1.54, 1.807) is 42.6 Å². The lowest BCUT2D eigenvalue weighted by Gasteiger charge is -2.37. The van der Waals surface area contributed by atoms with Crippen molar-refractivity contribution in [2.24, 2.45) is 0 Å². The molecule has 2 heterocycles. The van der Waals surface area contributed by atoms with Gasteiger partial charge in [-0.3, -0.25) is 9.59 Å². The minimum atomic E-state index is -0.496. The van der Waals surface area contributed by atoms with Crippen LogP contribution in [0.3, 0.4) is 0 Å². The van der Waals surface area contributed by atoms with Gasteiger partial charge in [-0.2, -0.15) is 0 Å². The fourth-order valence-electron chi connectivity index (χ4n) is 4.45. The van der Waals surface area contributed by atoms with Crippen LogP contribution in [-0.2, 0) is 16.0 Å². The van der Waals surface area contributed by atoms with Crippen molar-refractivity contribution < 1.29 is 28.2 Å². The number of amides is 2. The molecule has 1 aliphatic heterocycles. The summed E-state index contributed by atoms with van der Waals surface area (Å²) in [6, 6.07) is 14.6. The highest BCUT2D eigenvalue weighted by Crippen LogP contribution is 2.34. The van der Waals surface area contributed by atoms with Gasteiger partial charge in [-0.1, -0.05) is 12.1 Å². The minimum absolute atomic E-state index is 0.117. The predicted octanol–water partition coefficient (Wildman–Crippen LogP) is 4.58. The highest BCUT2D eigenvalue weighted by molar-refractivity contribution is 7.10. The third-order valence-corrected chi connectivity index (χ3v) is 7.32. The second kappa shape index (κ2) is 12.7. The Kier molecular flexibility index (Phi) is 9.14. The van der Waals surface area contributed by atoms with Crippen molar-refractivity contribution >= 4 is 23.2 Å². The topological polar surface area (TPSA) is 68.3 Å². The maximum Gasteiger partial charge on any atom is 0.254 e. The molecule has 0 aliphatic carbocycles. The lowest BCUT2D eigenvalue weighted by molar-refractivity contribution is -0.135. The van der Waals surface area contributed by atoms with Gasteiger partial charge < -0.3 is 24.0 Å². The summed E-state index contributed by atoms with van der Waals surface area (Å²) < 4.78 is 30.3. The Morgan fingerprint density at radius 1 is 1.11 bits per heavy atom. The first-order chi connectivity index (χ1) is 18.0. The largest absolute Gasteiger partial charge is 0.497 e. The lowest BCUT2D eigenvalue weighted by Crippen LogP contribution is -2.48. The van der Waals surface area contributed by atoms with E-state index in [1.807, 2.05) is 29.6 Å². The average molecular weight is 527 g/mol. The molecule has 0 radical (unpaired) electrons. The van der Waals surface area contributed by atoms with Crippen molar-refractivity contribution in [2.45, 2.75) is 18.9 Å². The molecule has 2 aromatic carbocycles. The minimum Gasteiger partial charge on any atom is -0.497 e. The Bertz CT molecular complexity index is 1220. The Balaban J connectivity index is 1.52. The monoisotopic (exact) mass is 526 g/mol. The quantitative estimate of drug-likeness (QED) is 0.342. The number of carbonyl (C=O) groups excluding carboxylic acids is 2. The number of ether oxygens (including phenoxy) is 3. The molecule has 1 aliphatic rings. The summed E-state index contributed by atoms with van der Waals surface area (Å²) in [6.07, 6.45) is 1.30. The molecular weight excluding hydrogens is 495 g/mol. The second-order valence-electron chi connectivity index (χ2n) is 8.73. The Morgan fingerprint density at radius 3 is 2.70 bits per heavy atom. The van der Waals surface area contributed by atoms with Crippen LogP contribution in [0.15, 0.2) is 60.0 Å². The summed E-state index contributed by atoms with van der Waals surface area (Å²) in [6.45, 7) is 1.44. The van der Waals surface area contributed by atoms with Crippen molar-refractivity contribution in [3.63, 3.8) is 0 Å². The number of fused-ring (bicyclic) bond motifs is 1. The van der Waals surface area contributed by atoms with E-state index in [-0.39, 0.29) is 36.6 Å². The van der Waals surface area contributed by atoms with Crippen LogP contribution < -0.4 is 9.47 Å². The number of rotatable bonds is 11. The first-order valence-electron chi connectivity index (χ1n) is 12.2. The average Bonchev–Trinajstić information content (AvgIpc) is 3.40. The highest BCUT2D eigenvalue weighted by atomic mass is 32.1. The number of thiophene rings is 1. The molecule has 0 N–H and O–H groups in total. The van der Waals surface area contributed by atoms with Crippen molar-refractivity contribution in [2.75, 3.05) is 47.1 Å². The molecule has 1 aromatic heterocycles. The number of halogens is 1. The molecule has 2 amide bonds. The van der Waals surface area contributed by atoms with Gasteiger partial charge in [-0.05, 0) is 60.2 Å². The van der Waals surface area contributed by atoms with E-state index < -0.39 is 5.82 Å². The standard InChI is InChI=1S/C28H31FN2O5S/c1-34-14-5-12-30(28(33)20-6-3-7-21(29)16-20)18-27(32)31-13-10-26-24(11-15-37-26)25(31)19-36-23-9-4-8-22(17-23)35-2/h3-4,6-9,11,15-17,25H,5,10,12-14,18-19H2,1-2H3/t25-/m0/s1. The summed E-state index contributed by atoms with van der Waals surface area (Å²) in [5.41, 5.74) is 1.27. The summed E-state index contributed by atoms with van der Waals surface area (Å²) in [4.78, 5) is 31.4. The van der Waals surface area contributed by atoms with E-state index in [2.05, 4.69) is 0 Å². The molecule has 7 nitrogen and oxygen atoms in total. The van der Waals surface area contributed by atoms with Gasteiger partial charge in [0.15, 0.2) is 0 Å². The van der Waals surface area contributed by atoms with E-state index in [1.165, 1.54) is 28.0 Å². The van der Waals surface area contributed by atoms with Crippen LogP contribution in [0.2, 0.25) is 0 Å². The van der Waals surface area contributed by atoms with Crippen molar-refractivity contribution in [1.82, 2.24) is 9.80 Å². The Labute approximate surface area is 220 Å². The van der Waals surface area contributed by atoms with Crippen LogP contribution in [0, 0.1) is 5.82 Å². The van der Waals surface area contributed by atoms with Gasteiger partial charge in [0.05, 0.1) is 13.2 Å². The van der Waals surface area contributed by atoms with Crippen molar-refractivity contribution in [3.8, 4) is 11.5 Å². The van der Waals surface area contributed by atoms with Crippen LogP contribution in [0.5, 0.6) is 11.5 Å². The van der Waals surface area contributed by atoms with Crippen LogP contribution in [-0.4, -0.2) is 68.7 Å². The molecule has 0 unspecified atom stereocenters. The Hall–Kier alpha value is -3.43. The molecule has 0 saturated carbocycles. The van der Waals surface area contributed by atoms with E-state index >= 15 is 0 Å². The molecule has 3 aromatic rings. The number of benzene rings is 2. The summed E-state index contributed by atoms with van der Waals surface area (Å²) in [7, 11) is 3.19. The molecule has 0 saturated heterocycles. The molecule has 0 spiro atoms. The molecule has 0 bridgehead atoms. The molecule has 37 heavy (non-hydrogen) atoms. The summed E-state index contributed by atoms with van der Waals surface area (Å²) in [5, 5.41) is 2.03. The molecule has 196 valence electrons. The second-order valence-corrected chi connectivity index (χ2v) is 9.73. The summed E-state index contributed by atoms with van der Waals surface area (Å²) >= 11 is 1.67. The third-order valence-electron chi connectivity index (χ3n) is 6.33. The zero-order chi connectivity index (χ0) is 26.2. The normalized spacial score (nSPS) is 14.7. The SMILES string of the molecule is COCCCN(CC(=O)N1CCc2sccc2[C@@H]1COc1cccc(OC)c1)C(=O)c1cccc(F)c1. The maximum absolute atomic E-state index is 13.8. The number of hydrogen-bond acceptors (Lipinski definition) is 6. The number of methoxy groups -OCH3 is 2. The molecule has 9 heteroatoms. The van der Waals surface area contributed by atoms with Crippen LogP contribution >= 0.6 is 11.3 Å². The van der Waals surface area contributed by atoms with Crippen molar-refractivity contribution in [3.05, 3.63) is 81.8 Å². The summed E-state index contributed by atoms with van der Waals surface area (Å²) in [5.74, 6) is 0.272. The van der Waals surface area contributed by atoms with Crippen LogP contribution in [0.4, 0.5) is 4.39 Å². The van der Waals surface area contributed by atoms with Crippen LogP contribution in [0.1, 0.15) is 33.3 Å². The smallest absolute Gasteiger partial charge is 0.254 e. The lowest BCUT2D eigenvalue weighted by atomic mass is 10.0. The number of hydrogen-bond donors (Lipinski definition) is 0. The molecule has 0 fully saturated rings.